The van der Waals surface area contributed by atoms with Crippen LogP contribution in [0, 0.1) is 19.8 Å². The number of nitrogens with one attached hydrogen (secondary N) is 2. The van der Waals surface area contributed by atoms with Crippen LogP contribution < -0.4 is 10.6 Å². The largest absolute Gasteiger partial charge is 0.325 e. The van der Waals surface area contributed by atoms with Crippen molar-refractivity contribution in [2.45, 2.75) is 13.8 Å². The monoisotopic (exact) mass is 264 g/mol. The van der Waals surface area contributed by atoms with E-state index in [0.717, 1.165) is 36.0 Å². The smallest absolute Gasteiger partial charge is 0.234 e. The van der Waals surface area contributed by atoms with Crippen LogP contribution in [-0.2, 0) is 4.79 Å². The summed E-state index contributed by atoms with van der Waals surface area (Å²) in [6, 6.07) is 6.12. The molecule has 0 unspecified atom stereocenters. The van der Waals surface area contributed by atoms with E-state index < -0.39 is 0 Å². The van der Waals surface area contributed by atoms with Crippen LogP contribution in [0.4, 0.5) is 5.69 Å². The van der Waals surface area contributed by atoms with Crippen LogP contribution >= 0.6 is 11.8 Å². The molecule has 98 valence electrons. The Morgan fingerprint density at radius 1 is 1.44 bits per heavy atom. The standard InChI is InChI=1S/C14H20N2OS/c1-10-3-4-11(2)13(5-10)16-14(17)9-18-8-12-6-15-7-12/h3-5,12,15H,6-9H2,1-2H3,(H,16,17). The molecule has 0 saturated carbocycles. The zero-order valence-corrected chi connectivity index (χ0v) is 11.8. The van der Waals surface area contributed by atoms with Crippen LogP contribution in [-0.4, -0.2) is 30.5 Å². The molecule has 1 aromatic carbocycles. The topological polar surface area (TPSA) is 41.1 Å². The average molecular weight is 264 g/mol. The molecule has 1 saturated heterocycles. The van der Waals surface area contributed by atoms with Crippen LogP contribution in [0.15, 0.2) is 18.2 Å². The second kappa shape index (κ2) is 6.25. The summed E-state index contributed by atoms with van der Waals surface area (Å²) in [5, 5.41) is 6.22. The summed E-state index contributed by atoms with van der Waals surface area (Å²) in [6.45, 7) is 6.26. The molecule has 1 aromatic rings. The van der Waals surface area contributed by atoms with Gasteiger partial charge in [-0.3, -0.25) is 4.79 Å². The van der Waals surface area contributed by atoms with E-state index in [0.29, 0.717) is 5.75 Å². The van der Waals surface area contributed by atoms with Crippen LogP contribution in [0.3, 0.4) is 0 Å². The molecule has 0 aromatic heterocycles. The minimum Gasteiger partial charge on any atom is -0.325 e. The minimum atomic E-state index is 0.0981. The Balaban J connectivity index is 1.77. The Hall–Kier alpha value is -1.00. The van der Waals surface area contributed by atoms with E-state index in [1.54, 1.807) is 11.8 Å². The van der Waals surface area contributed by atoms with Crippen molar-refractivity contribution in [1.29, 1.82) is 0 Å². The first-order valence-corrected chi connectivity index (χ1v) is 7.46. The molecule has 3 nitrogen and oxygen atoms in total. The number of thioether (sulfide) groups is 1. The van der Waals surface area contributed by atoms with Crippen LogP contribution in [0.25, 0.3) is 0 Å². The van der Waals surface area contributed by atoms with Gasteiger partial charge in [-0.2, -0.15) is 11.8 Å². The maximum absolute atomic E-state index is 11.8. The lowest BCUT2D eigenvalue weighted by molar-refractivity contribution is -0.113. The third kappa shape index (κ3) is 3.75. The number of carbonyl (C=O) groups excluding carboxylic acids is 1. The molecule has 1 aliphatic rings. The van der Waals surface area contributed by atoms with Gasteiger partial charge >= 0.3 is 0 Å². The zero-order valence-electron chi connectivity index (χ0n) is 11.0. The molecule has 0 aliphatic carbocycles. The second-order valence-corrected chi connectivity index (χ2v) is 5.94. The predicted octanol–water partition coefficient (Wildman–Crippen LogP) is 2.19. The van der Waals surface area contributed by atoms with Gasteiger partial charge in [0.2, 0.25) is 5.91 Å². The molecule has 0 atom stereocenters. The minimum absolute atomic E-state index is 0.0981. The van der Waals surface area contributed by atoms with E-state index in [9.17, 15) is 4.79 Å². The number of carbonyl (C=O) groups is 1. The molecule has 1 amide bonds. The van der Waals surface area contributed by atoms with E-state index in [2.05, 4.69) is 16.7 Å². The maximum atomic E-state index is 11.8. The number of aryl methyl sites for hydroxylation is 2. The third-order valence-corrected chi connectivity index (χ3v) is 4.29. The van der Waals surface area contributed by atoms with Gasteiger partial charge in [0.15, 0.2) is 0 Å². The number of amides is 1. The van der Waals surface area contributed by atoms with Gasteiger partial charge in [0.25, 0.3) is 0 Å². The van der Waals surface area contributed by atoms with Crippen molar-refractivity contribution < 1.29 is 4.79 Å². The first kappa shape index (κ1) is 13.4. The Morgan fingerprint density at radius 2 is 2.22 bits per heavy atom. The number of benzene rings is 1. The molecule has 0 radical (unpaired) electrons. The molecule has 1 fully saturated rings. The highest BCUT2D eigenvalue weighted by Crippen LogP contribution is 2.17. The van der Waals surface area contributed by atoms with E-state index >= 15 is 0 Å². The average Bonchev–Trinajstić information content (AvgIpc) is 2.27. The molecule has 2 N–H and O–H groups in total. The van der Waals surface area contributed by atoms with Gasteiger partial charge in [-0.05, 0) is 55.8 Å². The van der Waals surface area contributed by atoms with Gasteiger partial charge in [0.05, 0.1) is 5.75 Å². The first-order valence-electron chi connectivity index (χ1n) is 6.30. The van der Waals surface area contributed by atoms with E-state index in [4.69, 9.17) is 0 Å². The van der Waals surface area contributed by atoms with Gasteiger partial charge < -0.3 is 10.6 Å². The first-order chi connectivity index (χ1) is 8.65. The molecule has 18 heavy (non-hydrogen) atoms. The summed E-state index contributed by atoms with van der Waals surface area (Å²) in [5.74, 6) is 2.47. The lowest BCUT2D eigenvalue weighted by atomic mass is 10.1. The van der Waals surface area contributed by atoms with Gasteiger partial charge in [-0.15, -0.1) is 0 Å². The van der Waals surface area contributed by atoms with Crippen LogP contribution in [0.2, 0.25) is 0 Å². The predicted molar refractivity (Wildman–Crippen MR) is 78.2 cm³/mol. The quantitative estimate of drug-likeness (QED) is 0.856. The highest BCUT2D eigenvalue weighted by atomic mass is 32.2. The highest BCUT2D eigenvalue weighted by molar-refractivity contribution is 7.99. The maximum Gasteiger partial charge on any atom is 0.234 e. The fourth-order valence-electron chi connectivity index (χ4n) is 1.84. The number of hydrogen-bond donors (Lipinski definition) is 2. The lowest BCUT2D eigenvalue weighted by Crippen LogP contribution is -2.43. The normalized spacial score (nSPS) is 15.2. The van der Waals surface area contributed by atoms with E-state index in [-0.39, 0.29) is 5.91 Å². The van der Waals surface area contributed by atoms with Crippen molar-refractivity contribution in [3.63, 3.8) is 0 Å². The molecule has 2 rings (SSSR count). The Kier molecular flexibility index (Phi) is 4.66. The molecule has 0 spiro atoms. The van der Waals surface area contributed by atoms with Gasteiger partial charge in [0, 0.05) is 5.69 Å². The molecular formula is C14H20N2OS. The Labute approximate surface area is 113 Å². The number of hydrogen-bond acceptors (Lipinski definition) is 3. The molecule has 4 heteroatoms. The highest BCUT2D eigenvalue weighted by Gasteiger charge is 2.16. The lowest BCUT2D eigenvalue weighted by Gasteiger charge is -2.26. The van der Waals surface area contributed by atoms with Crippen molar-refractivity contribution in [3.05, 3.63) is 29.3 Å². The van der Waals surface area contributed by atoms with E-state index in [1.807, 2.05) is 26.0 Å². The fraction of sp³-hybridized carbons (Fsp3) is 0.500. The van der Waals surface area contributed by atoms with Crippen molar-refractivity contribution in [3.8, 4) is 0 Å². The van der Waals surface area contributed by atoms with Crippen LogP contribution in [0.1, 0.15) is 11.1 Å². The van der Waals surface area contributed by atoms with E-state index in [1.165, 1.54) is 5.56 Å². The summed E-state index contributed by atoms with van der Waals surface area (Å²) in [4.78, 5) is 11.8. The molecule has 0 bridgehead atoms. The summed E-state index contributed by atoms with van der Waals surface area (Å²) in [5.41, 5.74) is 3.22. The van der Waals surface area contributed by atoms with Crippen molar-refractivity contribution >= 4 is 23.4 Å². The van der Waals surface area contributed by atoms with Gasteiger partial charge in [-0.1, -0.05) is 12.1 Å². The summed E-state index contributed by atoms with van der Waals surface area (Å²) in [7, 11) is 0. The van der Waals surface area contributed by atoms with Crippen molar-refractivity contribution in [1.82, 2.24) is 5.32 Å². The summed E-state index contributed by atoms with van der Waals surface area (Å²) >= 11 is 1.72. The van der Waals surface area contributed by atoms with Crippen molar-refractivity contribution in [2.75, 3.05) is 29.9 Å². The molecule has 1 aliphatic heterocycles. The van der Waals surface area contributed by atoms with Gasteiger partial charge in [0.1, 0.15) is 0 Å². The number of rotatable bonds is 5. The zero-order chi connectivity index (χ0) is 13.0. The Morgan fingerprint density at radius 3 is 2.89 bits per heavy atom. The Bertz CT molecular complexity index is 430. The SMILES string of the molecule is Cc1ccc(C)c(NC(=O)CSCC2CNC2)c1. The van der Waals surface area contributed by atoms with Crippen LogP contribution in [0.5, 0.6) is 0 Å². The fourth-order valence-corrected chi connectivity index (χ4v) is 2.79. The summed E-state index contributed by atoms with van der Waals surface area (Å²) in [6.07, 6.45) is 0. The second-order valence-electron chi connectivity index (χ2n) is 4.91. The molecule has 1 heterocycles. The molecular weight excluding hydrogens is 244 g/mol. The number of anilines is 1. The van der Waals surface area contributed by atoms with Crippen molar-refractivity contribution in [2.24, 2.45) is 5.92 Å². The van der Waals surface area contributed by atoms with Gasteiger partial charge in [-0.25, -0.2) is 0 Å². The third-order valence-electron chi connectivity index (χ3n) is 3.12. The summed E-state index contributed by atoms with van der Waals surface area (Å²) < 4.78 is 0.